The molecule has 12 rings (SSSR count). The number of nitrogens with zero attached hydrogens (tertiary/aromatic N) is 9. The molecule has 6 aromatic rings. The number of imide groups is 1. The number of β-amino-alcohol motifs (C(OH)–C–C–N with tert-alkyl or cyclic N) is 1. The Morgan fingerprint density at radius 1 is 0.935 bits per heavy atom. The first kappa shape index (κ1) is 50.6. The summed E-state index contributed by atoms with van der Waals surface area (Å²) in [5.41, 5.74) is 1.04. The number of rotatable bonds is 12. The van der Waals surface area contributed by atoms with Crippen molar-refractivity contribution in [2.75, 3.05) is 75.4 Å². The summed E-state index contributed by atoms with van der Waals surface area (Å²) >= 11 is 0. The van der Waals surface area contributed by atoms with Gasteiger partial charge in [0.25, 0.3) is 0 Å². The summed E-state index contributed by atoms with van der Waals surface area (Å²) in [7, 11) is 1.70. The molecule has 6 saturated heterocycles. The molecule has 1 unspecified atom stereocenters. The number of ether oxygens (including phenoxy) is 3. The third kappa shape index (κ3) is 9.29. The number of amides is 3. The molecule has 9 heterocycles. The normalized spacial score (nSPS) is 24.4. The van der Waals surface area contributed by atoms with Crippen LogP contribution in [-0.4, -0.2) is 146 Å². The fourth-order valence-electron chi connectivity index (χ4n) is 13.0. The Kier molecular flexibility index (Phi) is 13.1. The predicted molar refractivity (Wildman–Crippen MR) is 284 cm³/mol. The maximum absolute atomic E-state index is 17.1. The number of nitrogens with one attached hydrogen (secondary N) is 1. The van der Waals surface area contributed by atoms with Gasteiger partial charge >= 0.3 is 17.8 Å². The summed E-state index contributed by atoms with van der Waals surface area (Å²) in [6, 6.07) is 13.2. The van der Waals surface area contributed by atoms with Gasteiger partial charge in [0, 0.05) is 68.5 Å². The fraction of sp³-hybridized carbons (Fsp3) is 0.491. The first-order chi connectivity index (χ1) is 37.2. The molecule has 3 aromatic heterocycles. The van der Waals surface area contributed by atoms with E-state index in [1.807, 2.05) is 23.1 Å². The minimum atomic E-state index is -0.997. The number of carbonyl (C=O) groups is 3. The number of piperidine rings is 3. The molecule has 402 valence electrons. The van der Waals surface area contributed by atoms with Gasteiger partial charge in [-0.15, -0.1) is 6.42 Å². The number of aliphatic hydroxyl groups is 1. The highest BCUT2D eigenvalue weighted by atomic mass is 19.1. The van der Waals surface area contributed by atoms with Crippen LogP contribution in [0.3, 0.4) is 0 Å². The third-order valence-corrected chi connectivity index (χ3v) is 17.2. The van der Waals surface area contributed by atoms with Crippen molar-refractivity contribution in [1.82, 2.24) is 39.2 Å². The van der Waals surface area contributed by atoms with Crippen molar-refractivity contribution in [2.45, 2.75) is 100 Å². The molecule has 20 heteroatoms. The lowest BCUT2D eigenvalue weighted by atomic mass is 9.95. The number of anilines is 2. The van der Waals surface area contributed by atoms with Crippen molar-refractivity contribution in [1.29, 1.82) is 0 Å². The third-order valence-electron chi connectivity index (χ3n) is 17.2. The van der Waals surface area contributed by atoms with Crippen LogP contribution in [0.4, 0.5) is 25.1 Å². The van der Waals surface area contributed by atoms with Crippen LogP contribution in [0.5, 0.6) is 6.01 Å². The standard InChI is InChI=1S/C57H62F2N10O8/c1-4-39-42(58)12-10-35-8-5-9-40(47(35)39)49-48(59)50-41(27-60-49)51(66-22-6-19-56(2,74)32-66)63-53(62-50)77-33-57-20-7-23-68(57)37(16-21-57)31-76-55(73)67-28-38(29-67)75-30-34-17-24-65(25-18-34)36-11-13-43-45(26-36)64(3)54(72)69(43)44-14-15-46(70)61-52(44)71/h1,5,8-13,26-27,34,37-38,44,74H,6-7,14-25,28-33H2,2-3H3,(H,61,70,71)/t37-,44?,56+,57-/m0/s1. The van der Waals surface area contributed by atoms with Crippen molar-refractivity contribution in [2.24, 2.45) is 13.0 Å². The smallest absolute Gasteiger partial charge is 0.409 e. The van der Waals surface area contributed by atoms with Crippen LogP contribution in [0.2, 0.25) is 0 Å². The molecule has 0 aliphatic carbocycles. The lowest BCUT2D eigenvalue weighted by molar-refractivity contribution is -0.135. The highest BCUT2D eigenvalue weighted by Crippen LogP contribution is 2.44. The van der Waals surface area contributed by atoms with Gasteiger partial charge < -0.3 is 34.0 Å². The van der Waals surface area contributed by atoms with Gasteiger partial charge in [0.15, 0.2) is 5.82 Å². The molecule has 0 spiro atoms. The molecule has 77 heavy (non-hydrogen) atoms. The Balaban J connectivity index is 0.650. The van der Waals surface area contributed by atoms with E-state index in [4.69, 9.17) is 25.6 Å². The van der Waals surface area contributed by atoms with Gasteiger partial charge in [0.2, 0.25) is 11.8 Å². The van der Waals surface area contributed by atoms with E-state index in [-0.39, 0.29) is 90.8 Å². The van der Waals surface area contributed by atoms with Crippen molar-refractivity contribution in [3.05, 3.63) is 82.4 Å². The second-order valence-corrected chi connectivity index (χ2v) is 22.2. The monoisotopic (exact) mass is 1050 g/mol. The summed E-state index contributed by atoms with van der Waals surface area (Å²) in [5.74, 6) is 1.11. The van der Waals surface area contributed by atoms with Gasteiger partial charge in [-0.25, -0.2) is 18.4 Å². The van der Waals surface area contributed by atoms with Gasteiger partial charge in [0.05, 0.1) is 58.9 Å². The average molecular weight is 1050 g/mol. The summed E-state index contributed by atoms with van der Waals surface area (Å²) in [5, 5.41) is 14.9. The van der Waals surface area contributed by atoms with Gasteiger partial charge in [-0.1, -0.05) is 30.2 Å². The summed E-state index contributed by atoms with van der Waals surface area (Å²) in [6.07, 6.45) is 13.9. The van der Waals surface area contributed by atoms with Crippen molar-refractivity contribution in [3.63, 3.8) is 0 Å². The number of aromatic nitrogens is 5. The molecule has 3 amide bonds. The zero-order valence-electron chi connectivity index (χ0n) is 43.3. The van der Waals surface area contributed by atoms with Crippen molar-refractivity contribution >= 4 is 62.1 Å². The van der Waals surface area contributed by atoms with Gasteiger partial charge in [-0.3, -0.25) is 33.9 Å². The molecular weight excluding hydrogens is 991 g/mol. The van der Waals surface area contributed by atoms with Crippen molar-refractivity contribution < 1.29 is 42.5 Å². The Labute approximate surface area is 443 Å². The Bertz CT molecular complexity index is 3450. The van der Waals surface area contributed by atoms with Gasteiger partial charge in [-0.2, -0.15) is 9.97 Å². The summed E-state index contributed by atoms with van der Waals surface area (Å²) < 4.78 is 54.0. The number of benzene rings is 3. The minimum Gasteiger partial charge on any atom is -0.461 e. The fourth-order valence-corrected chi connectivity index (χ4v) is 13.0. The zero-order chi connectivity index (χ0) is 53.3. The number of likely N-dealkylation sites (tertiary alicyclic amines) is 1. The lowest BCUT2D eigenvalue weighted by Crippen LogP contribution is -2.56. The van der Waals surface area contributed by atoms with Crippen LogP contribution in [0, 0.1) is 29.9 Å². The number of pyridine rings is 1. The van der Waals surface area contributed by atoms with Crippen LogP contribution in [0.1, 0.15) is 82.7 Å². The van der Waals surface area contributed by atoms with E-state index in [2.05, 4.69) is 31.0 Å². The molecule has 0 bridgehead atoms. The Morgan fingerprint density at radius 2 is 1.75 bits per heavy atom. The number of hydrogen-bond donors (Lipinski definition) is 2. The first-order valence-electron chi connectivity index (χ1n) is 26.9. The second-order valence-electron chi connectivity index (χ2n) is 22.2. The predicted octanol–water partition coefficient (Wildman–Crippen LogP) is 6.22. The minimum absolute atomic E-state index is 0.00912. The number of imidazole rings is 1. The van der Waals surface area contributed by atoms with Crippen LogP contribution in [0.15, 0.2) is 59.5 Å². The molecule has 2 N–H and O–H groups in total. The lowest BCUT2D eigenvalue weighted by Gasteiger charge is -2.40. The van der Waals surface area contributed by atoms with E-state index in [9.17, 15) is 24.3 Å². The summed E-state index contributed by atoms with van der Waals surface area (Å²) in [6.45, 7) is 7.08. The second kappa shape index (κ2) is 20.0. The number of halogens is 2. The molecule has 6 aliphatic heterocycles. The number of fused-ring (bicyclic) bond motifs is 4. The van der Waals surface area contributed by atoms with E-state index < -0.39 is 29.2 Å². The average Bonchev–Trinajstić information content (AvgIpc) is 4.15. The molecule has 18 nitrogen and oxygen atoms in total. The van der Waals surface area contributed by atoms with Crippen LogP contribution >= 0.6 is 0 Å². The van der Waals surface area contributed by atoms with Crippen LogP contribution in [-0.2, 0) is 26.1 Å². The Morgan fingerprint density at radius 3 is 2.55 bits per heavy atom. The SMILES string of the molecule is C#Cc1c(F)ccc2cccc(-c3ncc4c(N5CCC[C@@](C)(O)C5)nc(OC[C@@]56CCCN5[C@H](COC(=O)N5CC(OCC7CCN(c8ccc9c(c8)n(C)c(=O)n9C8CCC(=O)NC8=O)CC7)C5)CC6)nc4c3F)c12. The maximum atomic E-state index is 17.1. The number of terminal acetylenes is 1. The molecule has 4 atom stereocenters. The molecule has 6 aliphatic rings. The topological polar surface area (TPSA) is 190 Å². The number of aryl methyl sites for hydroxylation is 1. The highest BCUT2D eigenvalue weighted by Gasteiger charge is 2.50. The van der Waals surface area contributed by atoms with E-state index in [1.54, 1.807) is 47.7 Å². The highest BCUT2D eigenvalue weighted by molar-refractivity contribution is 6.02. The van der Waals surface area contributed by atoms with Crippen molar-refractivity contribution in [3.8, 4) is 29.6 Å². The van der Waals surface area contributed by atoms with E-state index >= 15 is 8.78 Å². The summed E-state index contributed by atoms with van der Waals surface area (Å²) in [4.78, 5) is 73.4. The quantitative estimate of drug-likeness (QED) is 0.104. The number of carbonyl (C=O) groups excluding carboxylic acids is 3. The maximum Gasteiger partial charge on any atom is 0.409 e. The number of hydrogen-bond acceptors (Lipinski definition) is 14. The van der Waals surface area contributed by atoms with E-state index in [1.165, 1.54) is 16.8 Å². The molecule has 0 radical (unpaired) electrons. The Hall–Kier alpha value is -7.21. The molecule has 0 saturated carbocycles. The van der Waals surface area contributed by atoms with Gasteiger partial charge in [-0.05, 0) is 107 Å². The first-order valence-corrected chi connectivity index (χ1v) is 26.9. The zero-order valence-corrected chi connectivity index (χ0v) is 43.3. The molecule has 6 fully saturated rings. The van der Waals surface area contributed by atoms with E-state index in [0.717, 1.165) is 69.4 Å². The van der Waals surface area contributed by atoms with E-state index in [0.29, 0.717) is 78.1 Å². The molecule has 3 aromatic carbocycles. The van der Waals surface area contributed by atoms with Gasteiger partial charge in [0.1, 0.15) is 42.1 Å². The largest absolute Gasteiger partial charge is 0.461 e. The van der Waals surface area contributed by atoms with Crippen LogP contribution in [0.25, 0.3) is 44.0 Å². The molecular formula is C57H62F2N10O8. The van der Waals surface area contributed by atoms with Crippen LogP contribution < -0.4 is 25.5 Å².